The molecular formula is C21H27OP. The molecule has 0 amide bonds. The van der Waals surface area contributed by atoms with E-state index in [1.165, 1.54) is 10.6 Å². The second-order valence-electron chi connectivity index (χ2n) is 5.92. The molecule has 0 radical (unpaired) electrons. The van der Waals surface area contributed by atoms with Crippen molar-refractivity contribution in [3.63, 3.8) is 0 Å². The average Bonchev–Trinajstić information content (AvgIpc) is 2.61. The molecule has 0 saturated heterocycles. The summed E-state index contributed by atoms with van der Waals surface area (Å²) in [7, 11) is -0.626. The van der Waals surface area contributed by atoms with Crippen molar-refractivity contribution < 1.29 is 4.79 Å². The Balaban J connectivity index is 2.39. The molecule has 122 valence electrons. The minimum atomic E-state index is -0.626. The molecule has 0 aliphatic heterocycles. The summed E-state index contributed by atoms with van der Waals surface area (Å²) in [6, 6.07) is 21.2. The zero-order valence-corrected chi connectivity index (χ0v) is 15.1. The molecule has 1 nitrogen and oxygen atoms in total. The number of carbonyl (C=O) groups is 1. The van der Waals surface area contributed by atoms with E-state index in [0.717, 1.165) is 32.1 Å². The van der Waals surface area contributed by atoms with Gasteiger partial charge in [0.1, 0.15) is 5.78 Å². The van der Waals surface area contributed by atoms with Gasteiger partial charge in [0, 0.05) is 12.1 Å². The normalized spacial score (nSPS) is 12.3. The first kappa shape index (κ1) is 17.9. The molecule has 0 fully saturated rings. The minimum absolute atomic E-state index is 0.145. The number of hydrogen-bond donors (Lipinski definition) is 0. The highest BCUT2D eigenvalue weighted by molar-refractivity contribution is 7.74. The Morgan fingerprint density at radius 2 is 1.39 bits per heavy atom. The minimum Gasteiger partial charge on any atom is -0.299 e. The lowest BCUT2D eigenvalue weighted by Crippen LogP contribution is -2.28. The van der Waals surface area contributed by atoms with E-state index in [-0.39, 0.29) is 5.66 Å². The van der Waals surface area contributed by atoms with Gasteiger partial charge in [-0.2, -0.15) is 0 Å². The lowest BCUT2D eigenvalue weighted by molar-refractivity contribution is -0.118. The number of rotatable bonds is 9. The number of benzene rings is 2. The molecule has 0 saturated carbocycles. The molecule has 0 N–H and O–H groups in total. The van der Waals surface area contributed by atoms with Gasteiger partial charge in [0.25, 0.3) is 0 Å². The molecule has 0 aliphatic rings. The van der Waals surface area contributed by atoms with Crippen LogP contribution in [0.1, 0.15) is 46.0 Å². The second kappa shape index (κ2) is 9.63. The van der Waals surface area contributed by atoms with E-state index in [0.29, 0.717) is 5.78 Å². The monoisotopic (exact) mass is 326 g/mol. The maximum absolute atomic E-state index is 12.9. The van der Waals surface area contributed by atoms with Gasteiger partial charge < -0.3 is 0 Å². The van der Waals surface area contributed by atoms with Gasteiger partial charge in [0.05, 0.1) is 0 Å². The van der Waals surface area contributed by atoms with E-state index in [4.69, 9.17) is 0 Å². The van der Waals surface area contributed by atoms with E-state index in [2.05, 4.69) is 74.5 Å². The fourth-order valence-corrected chi connectivity index (χ4v) is 5.85. The zero-order valence-electron chi connectivity index (χ0n) is 14.2. The van der Waals surface area contributed by atoms with Crippen molar-refractivity contribution in [2.45, 2.75) is 51.6 Å². The predicted molar refractivity (Wildman–Crippen MR) is 102 cm³/mol. The van der Waals surface area contributed by atoms with Crippen molar-refractivity contribution in [1.82, 2.24) is 0 Å². The van der Waals surface area contributed by atoms with Gasteiger partial charge in [0.15, 0.2) is 0 Å². The fourth-order valence-electron chi connectivity index (χ4n) is 2.91. The molecule has 23 heavy (non-hydrogen) atoms. The molecule has 0 aromatic heterocycles. The maximum atomic E-state index is 12.9. The highest BCUT2D eigenvalue weighted by Gasteiger charge is 2.29. The Bertz CT molecular complexity index is 540. The van der Waals surface area contributed by atoms with Gasteiger partial charge >= 0.3 is 0 Å². The summed E-state index contributed by atoms with van der Waals surface area (Å²) >= 11 is 0. The Hall–Kier alpha value is -1.46. The van der Waals surface area contributed by atoms with Gasteiger partial charge in [-0.25, -0.2) is 0 Å². The molecule has 0 heterocycles. The first-order chi connectivity index (χ1) is 11.3. The van der Waals surface area contributed by atoms with Crippen LogP contribution >= 0.6 is 7.92 Å². The van der Waals surface area contributed by atoms with Crippen molar-refractivity contribution in [1.29, 1.82) is 0 Å². The van der Waals surface area contributed by atoms with Gasteiger partial charge in [-0.05, 0) is 31.4 Å². The summed E-state index contributed by atoms with van der Waals surface area (Å²) in [5, 5.41) is 2.63. The van der Waals surface area contributed by atoms with Crippen LogP contribution in [0.15, 0.2) is 60.7 Å². The third-order valence-electron chi connectivity index (χ3n) is 4.09. The molecule has 1 atom stereocenters. The fraction of sp³-hybridized carbons (Fsp3) is 0.381. The molecule has 2 rings (SSSR count). The van der Waals surface area contributed by atoms with Crippen LogP contribution < -0.4 is 10.6 Å². The highest BCUT2D eigenvalue weighted by atomic mass is 31.1. The van der Waals surface area contributed by atoms with Crippen molar-refractivity contribution in [3.05, 3.63) is 60.7 Å². The van der Waals surface area contributed by atoms with Crippen LogP contribution in [-0.2, 0) is 4.79 Å². The Labute approximate surface area is 141 Å². The lowest BCUT2D eigenvalue weighted by atomic mass is 10.1. The van der Waals surface area contributed by atoms with Crippen molar-refractivity contribution in [2.24, 2.45) is 0 Å². The summed E-state index contributed by atoms with van der Waals surface area (Å²) < 4.78 is 0. The van der Waals surface area contributed by atoms with E-state index >= 15 is 0 Å². The van der Waals surface area contributed by atoms with E-state index in [9.17, 15) is 4.79 Å². The van der Waals surface area contributed by atoms with Crippen molar-refractivity contribution in [2.75, 3.05) is 0 Å². The number of hydrogen-bond acceptors (Lipinski definition) is 1. The number of carbonyl (C=O) groups excluding carboxylic acids is 1. The van der Waals surface area contributed by atoms with E-state index in [1.54, 1.807) is 0 Å². The summed E-state index contributed by atoms with van der Waals surface area (Å²) in [5.74, 6) is 0.451. The molecule has 0 aliphatic carbocycles. The largest absolute Gasteiger partial charge is 0.299 e. The first-order valence-electron chi connectivity index (χ1n) is 8.70. The third-order valence-corrected chi connectivity index (χ3v) is 6.97. The zero-order chi connectivity index (χ0) is 16.5. The Kier molecular flexibility index (Phi) is 7.49. The molecule has 0 bridgehead atoms. The van der Waals surface area contributed by atoms with Gasteiger partial charge in [-0.3, -0.25) is 4.79 Å². The summed E-state index contributed by atoms with van der Waals surface area (Å²) in [6.07, 6.45) is 4.85. The lowest BCUT2D eigenvalue weighted by Gasteiger charge is -2.27. The molecule has 0 spiro atoms. The second-order valence-corrected chi connectivity index (χ2v) is 8.31. The average molecular weight is 326 g/mol. The molecule has 2 heteroatoms. The molecule has 2 aromatic carbocycles. The maximum Gasteiger partial charge on any atom is 0.140 e. The smallest absolute Gasteiger partial charge is 0.140 e. The van der Waals surface area contributed by atoms with Gasteiger partial charge in [-0.15, -0.1) is 0 Å². The highest BCUT2D eigenvalue weighted by Crippen LogP contribution is 2.42. The van der Waals surface area contributed by atoms with Crippen molar-refractivity contribution in [3.8, 4) is 0 Å². The van der Waals surface area contributed by atoms with E-state index < -0.39 is 7.92 Å². The standard InChI is InChI=1S/C21H27OP/c1-3-5-17-20(22)21(12-4-2)23(18-13-8-6-9-14-18)19-15-10-7-11-16-19/h6-11,13-16,21H,3-5,12,17H2,1-2H3/t21-/m1/s1. The van der Waals surface area contributed by atoms with Crippen LogP contribution in [0.3, 0.4) is 0 Å². The SMILES string of the molecule is CCCCC(=O)[C@@H](CCC)P(c1ccccc1)c1ccccc1. The summed E-state index contributed by atoms with van der Waals surface area (Å²) in [4.78, 5) is 12.9. The van der Waals surface area contributed by atoms with Crippen LogP contribution in [0.4, 0.5) is 0 Å². The first-order valence-corrected chi connectivity index (χ1v) is 10.1. The van der Waals surface area contributed by atoms with Crippen LogP contribution in [-0.4, -0.2) is 11.4 Å². The molecule has 2 aromatic rings. The van der Waals surface area contributed by atoms with Crippen LogP contribution in [0.2, 0.25) is 0 Å². The van der Waals surface area contributed by atoms with Crippen LogP contribution in [0.5, 0.6) is 0 Å². The summed E-state index contributed by atoms with van der Waals surface area (Å²) in [6.45, 7) is 4.34. The molecular weight excluding hydrogens is 299 g/mol. The third kappa shape index (κ3) is 5.01. The molecule has 0 unspecified atom stereocenters. The number of unbranched alkanes of at least 4 members (excludes halogenated alkanes) is 1. The quantitative estimate of drug-likeness (QED) is 0.590. The Morgan fingerprint density at radius 3 is 1.83 bits per heavy atom. The van der Waals surface area contributed by atoms with Gasteiger partial charge in [0.2, 0.25) is 0 Å². The van der Waals surface area contributed by atoms with Gasteiger partial charge in [-0.1, -0.05) is 87.4 Å². The Morgan fingerprint density at radius 1 is 0.870 bits per heavy atom. The number of ketones is 1. The number of Topliss-reactive ketones (excluding diaryl/α,β-unsaturated/α-hetero) is 1. The van der Waals surface area contributed by atoms with Crippen molar-refractivity contribution >= 4 is 24.3 Å². The van der Waals surface area contributed by atoms with Crippen LogP contribution in [0.25, 0.3) is 0 Å². The summed E-state index contributed by atoms with van der Waals surface area (Å²) in [5.41, 5.74) is 0.145. The van der Waals surface area contributed by atoms with Crippen LogP contribution in [0, 0.1) is 0 Å². The topological polar surface area (TPSA) is 17.1 Å². The predicted octanol–water partition coefficient (Wildman–Crippen LogP) is 5.05. The van der Waals surface area contributed by atoms with E-state index in [1.807, 2.05) is 0 Å².